The zero-order valence-corrected chi connectivity index (χ0v) is 22.1. The summed E-state index contributed by atoms with van der Waals surface area (Å²) in [5, 5.41) is 25.5. The van der Waals surface area contributed by atoms with Crippen LogP contribution < -0.4 is 14.8 Å². The molecule has 200 valence electrons. The normalized spacial score (nSPS) is 12.0. The van der Waals surface area contributed by atoms with Crippen LogP contribution in [0.2, 0.25) is 0 Å². The number of pyridine rings is 1. The van der Waals surface area contributed by atoms with Gasteiger partial charge in [0.25, 0.3) is 5.89 Å². The molecule has 0 spiro atoms. The zero-order valence-electron chi connectivity index (χ0n) is 22.1. The first-order valence-corrected chi connectivity index (χ1v) is 12.6. The number of ether oxygens (including phenoxy) is 2. The summed E-state index contributed by atoms with van der Waals surface area (Å²) in [6.07, 6.45) is 1.70. The summed E-state index contributed by atoms with van der Waals surface area (Å²) >= 11 is 0. The van der Waals surface area contributed by atoms with E-state index in [1.807, 2.05) is 32.0 Å². The molecule has 1 atom stereocenters. The quantitative estimate of drug-likeness (QED) is 0.314. The molecule has 3 rings (SSSR count). The van der Waals surface area contributed by atoms with Gasteiger partial charge >= 0.3 is 0 Å². The molecular weight excluding hydrogens is 476 g/mol. The fourth-order valence-electron chi connectivity index (χ4n) is 4.09. The van der Waals surface area contributed by atoms with Crippen molar-refractivity contribution in [3.63, 3.8) is 0 Å². The number of methoxy groups -OCH3 is 1. The number of aliphatic hydroxyl groups is 2. The number of nitrogens with zero attached hydrogens (tertiary/aromatic N) is 3. The van der Waals surface area contributed by atoms with Crippen LogP contribution in [0, 0.1) is 6.92 Å². The largest absolute Gasteiger partial charge is 0.497 e. The molecule has 3 N–H and O–H groups in total. The molecule has 0 saturated carbocycles. The number of aryl methyl sites for hydroxylation is 2. The summed E-state index contributed by atoms with van der Waals surface area (Å²) in [5.41, 5.74) is 4.04. The van der Waals surface area contributed by atoms with Gasteiger partial charge in [-0.05, 0) is 49.4 Å². The molecule has 0 saturated heterocycles. The molecule has 1 aromatic carbocycles. The minimum atomic E-state index is -0.917. The average molecular weight is 513 g/mol. The third-order valence-electron chi connectivity index (χ3n) is 6.19. The van der Waals surface area contributed by atoms with Gasteiger partial charge in [-0.25, -0.2) is 4.98 Å². The Labute approximate surface area is 217 Å². The van der Waals surface area contributed by atoms with Crippen LogP contribution in [0.3, 0.4) is 0 Å². The second-order valence-electron chi connectivity index (χ2n) is 8.82. The molecule has 10 nitrogen and oxygen atoms in total. The van der Waals surface area contributed by atoms with Crippen molar-refractivity contribution in [1.82, 2.24) is 20.4 Å². The molecule has 2 aromatic heterocycles. The molecule has 3 aromatic rings. The lowest BCUT2D eigenvalue weighted by molar-refractivity contribution is -0.124. The van der Waals surface area contributed by atoms with E-state index in [2.05, 4.69) is 29.3 Å². The van der Waals surface area contributed by atoms with Crippen LogP contribution >= 0.6 is 0 Å². The number of aliphatic hydroxyl groups excluding tert-OH is 2. The van der Waals surface area contributed by atoms with Gasteiger partial charge in [0.15, 0.2) is 0 Å². The van der Waals surface area contributed by atoms with Crippen molar-refractivity contribution in [2.45, 2.75) is 59.0 Å². The average Bonchev–Trinajstić information content (AvgIpc) is 3.41. The summed E-state index contributed by atoms with van der Waals surface area (Å²) in [5.74, 6) is 1.85. The third kappa shape index (κ3) is 7.05. The number of hydrogen-bond acceptors (Lipinski definition) is 9. The Morgan fingerprint density at radius 2 is 1.89 bits per heavy atom. The molecule has 0 bridgehead atoms. The minimum Gasteiger partial charge on any atom is -0.497 e. The molecule has 1 amide bonds. The third-order valence-corrected chi connectivity index (χ3v) is 6.19. The zero-order chi connectivity index (χ0) is 26.9. The highest BCUT2D eigenvalue weighted by Gasteiger charge is 2.19. The monoisotopic (exact) mass is 512 g/mol. The number of hydrogen-bond donors (Lipinski definition) is 3. The number of nitrogens with one attached hydrogen (secondary N) is 1. The number of benzene rings is 1. The summed E-state index contributed by atoms with van der Waals surface area (Å²) in [6.45, 7) is 7.54. The summed E-state index contributed by atoms with van der Waals surface area (Å²) in [6, 6.07) is 7.58. The maximum Gasteiger partial charge on any atom is 0.276 e. The predicted octanol–water partition coefficient (Wildman–Crippen LogP) is 3.43. The maximum absolute atomic E-state index is 11.2. The second-order valence-corrected chi connectivity index (χ2v) is 8.82. The van der Waals surface area contributed by atoms with E-state index in [0.29, 0.717) is 41.2 Å². The van der Waals surface area contributed by atoms with Crippen molar-refractivity contribution in [2.24, 2.45) is 0 Å². The van der Waals surface area contributed by atoms with E-state index in [1.165, 1.54) is 0 Å². The van der Waals surface area contributed by atoms with Gasteiger partial charge in [-0.1, -0.05) is 25.9 Å². The highest BCUT2D eigenvalue weighted by Crippen LogP contribution is 2.32. The van der Waals surface area contributed by atoms with Crippen LogP contribution in [-0.4, -0.2) is 64.2 Å². The molecule has 0 aliphatic rings. The molecule has 37 heavy (non-hydrogen) atoms. The molecular formula is C27H36N4O6. The SMILES string of the molecule is CCc1cc(-c2noc(-c3cc(OC)cc(C(CC)CC)n3)n2)cc(C)c1OCC(O)CNC(=O)CO. The van der Waals surface area contributed by atoms with Crippen LogP contribution in [0.5, 0.6) is 11.5 Å². The fraction of sp³-hybridized carbons (Fsp3) is 0.481. The van der Waals surface area contributed by atoms with Crippen LogP contribution in [0.15, 0.2) is 28.8 Å². The minimum absolute atomic E-state index is 0.00832. The number of carbonyl (C=O) groups is 1. The first-order valence-electron chi connectivity index (χ1n) is 12.6. The highest BCUT2D eigenvalue weighted by molar-refractivity contribution is 5.76. The van der Waals surface area contributed by atoms with E-state index in [9.17, 15) is 9.90 Å². The topological polar surface area (TPSA) is 140 Å². The maximum atomic E-state index is 11.2. The molecule has 1 unspecified atom stereocenters. The molecule has 2 heterocycles. The van der Waals surface area contributed by atoms with Crippen molar-refractivity contribution in [3.8, 4) is 34.5 Å². The summed E-state index contributed by atoms with van der Waals surface area (Å²) in [7, 11) is 1.62. The number of carbonyl (C=O) groups excluding carboxylic acids is 1. The lowest BCUT2D eigenvalue weighted by Crippen LogP contribution is -2.36. The second kappa shape index (κ2) is 13.2. The Morgan fingerprint density at radius 1 is 1.14 bits per heavy atom. The van der Waals surface area contributed by atoms with Gasteiger partial charge in [0.2, 0.25) is 11.7 Å². The number of amides is 1. The lowest BCUT2D eigenvalue weighted by Gasteiger charge is -2.17. The number of rotatable bonds is 13. The number of aromatic nitrogens is 3. The Balaban J connectivity index is 1.83. The van der Waals surface area contributed by atoms with Crippen LogP contribution in [0.1, 0.15) is 56.4 Å². The van der Waals surface area contributed by atoms with E-state index in [0.717, 1.165) is 35.2 Å². The van der Waals surface area contributed by atoms with E-state index >= 15 is 0 Å². The summed E-state index contributed by atoms with van der Waals surface area (Å²) < 4.78 is 17.0. The van der Waals surface area contributed by atoms with E-state index in [-0.39, 0.29) is 13.2 Å². The fourth-order valence-corrected chi connectivity index (χ4v) is 4.09. The van der Waals surface area contributed by atoms with Crippen molar-refractivity contribution < 1.29 is 29.0 Å². The van der Waals surface area contributed by atoms with Gasteiger partial charge in [-0.15, -0.1) is 0 Å². The van der Waals surface area contributed by atoms with Crippen molar-refractivity contribution in [3.05, 3.63) is 41.1 Å². The Morgan fingerprint density at radius 3 is 2.54 bits per heavy atom. The Hall–Kier alpha value is -3.50. The molecule has 0 radical (unpaired) electrons. The Bertz CT molecular complexity index is 1190. The first kappa shape index (κ1) is 28.1. The van der Waals surface area contributed by atoms with Gasteiger partial charge in [-0.3, -0.25) is 4.79 Å². The van der Waals surface area contributed by atoms with Crippen LogP contribution in [0.25, 0.3) is 23.0 Å². The van der Waals surface area contributed by atoms with E-state index in [4.69, 9.17) is 24.1 Å². The van der Waals surface area contributed by atoms with Gasteiger partial charge in [0, 0.05) is 35.9 Å². The van der Waals surface area contributed by atoms with Gasteiger partial charge in [-0.2, -0.15) is 4.98 Å². The van der Waals surface area contributed by atoms with Crippen molar-refractivity contribution >= 4 is 5.91 Å². The highest BCUT2D eigenvalue weighted by atomic mass is 16.5. The lowest BCUT2D eigenvalue weighted by atomic mass is 9.98. The molecule has 0 aliphatic carbocycles. The molecule has 10 heteroatoms. The first-order chi connectivity index (χ1) is 17.8. The van der Waals surface area contributed by atoms with Crippen molar-refractivity contribution in [1.29, 1.82) is 0 Å². The molecule has 0 fully saturated rings. The van der Waals surface area contributed by atoms with Gasteiger partial charge in [0.1, 0.15) is 36.5 Å². The van der Waals surface area contributed by atoms with Gasteiger partial charge < -0.3 is 29.5 Å². The predicted molar refractivity (Wildman–Crippen MR) is 139 cm³/mol. The Kier molecular flexibility index (Phi) is 9.99. The molecule has 0 aliphatic heterocycles. The van der Waals surface area contributed by atoms with Crippen LogP contribution in [0.4, 0.5) is 0 Å². The summed E-state index contributed by atoms with van der Waals surface area (Å²) in [4.78, 5) is 20.6. The van der Waals surface area contributed by atoms with Crippen molar-refractivity contribution in [2.75, 3.05) is 26.9 Å². The standard InChI is InChI=1S/C27H36N4O6/c1-6-17(7-2)22-11-21(35-5)12-23(29-22)27-30-26(31-37-27)19-9-16(4)25(18(8-3)10-19)36-15-20(33)13-28-24(34)14-32/h9-12,17,20,32-33H,6-8,13-15H2,1-5H3,(H,28,34). The van der Waals surface area contributed by atoms with E-state index < -0.39 is 18.6 Å². The van der Waals surface area contributed by atoms with E-state index in [1.54, 1.807) is 13.2 Å². The van der Waals surface area contributed by atoms with Crippen LogP contribution in [-0.2, 0) is 11.2 Å². The smallest absolute Gasteiger partial charge is 0.276 e. The van der Waals surface area contributed by atoms with Gasteiger partial charge in [0.05, 0.1) is 7.11 Å².